The molecule has 3 heterocycles. The first-order chi connectivity index (χ1) is 19.4. The Balaban J connectivity index is 1.55. The van der Waals surface area contributed by atoms with Crippen LogP contribution in [0.2, 0.25) is 18.6 Å². The van der Waals surface area contributed by atoms with E-state index in [2.05, 4.69) is 0 Å². The molecule has 216 valence electrons. The number of aliphatic hydroxyl groups excluding tert-OH is 1. The number of non-ortho nitro benzene ring substituents is 1. The van der Waals surface area contributed by atoms with Crippen LogP contribution in [0.1, 0.15) is 24.5 Å². The lowest BCUT2D eigenvalue weighted by molar-refractivity contribution is -0.385. The summed E-state index contributed by atoms with van der Waals surface area (Å²) in [5.41, 5.74) is -0.574. The molecular formula is C29H32FN3O7Si. The second kappa shape index (κ2) is 10.5. The lowest BCUT2D eigenvalue weighted by Crippen LogP contribution is -2.45. The normalized spacial score (nSPS) is 23.7. The lowest BCUT2D eigenvalue weighted by atomic mass is 9.82. The van der Waals surface area contributed by atoms with Gasteiger partial charge in [0.15, 0.2) is 11.4 Å². The topological polar surface area (TPSA) is 124 Å². The number of halogens is 1. The largest absolute Gasteiger partial charge is 0.491 e. The molecule has 2 aliphatic rings. The second-order valence-corrected chi connectivity index (χ2v) is 14.8. The fourth-order valence-electron chi connectivity index (χ4n) is 6.48. The molecule has 41 heavy (non-hydrogen) atoms. The van der Waals surface area contributed by atoms with Crippen LogP contribution in [0.4, 0.5) is 15.5 Å². The van der Waals surface area contributed by atoms with E-state index in [0.29, 0.717) is 16.9 Å². The van der Waals surface area contributed by atoms with Crippen LogP contribution in [0.3, 0.4) is 0 Å². The number of amides is 1. The van der Waals surface area contributed by atoms with E-state index in [9.17, 15) is 24.8 Å². The third kappa shape index (κ3) is 4.65. The van der Waals surface area contributed by atoms with E-state index < -0.39 is 42.4 Å². The smallest absolute Gasteiger partial charge is 0.297 e. The number of nitro groups is 1. The quantitative estimate of drug-likeness (QED) is 0.180. The zero-order valence-corrected chi connectivity index (χ0v) is 24.2. The van der Waals surface area contributed by atoms with E-state index in [1.807, 2.05) is 0 Å². The van der Waals surface area contributed by atoms with Crippen molar-refractivity contribution in [3.63, 3.8) is 0 Å². The van der Waals surface area contributed by atoms with Gasteiger partial charge in [-0.25, -0.2) is 0 Å². The minimum Gasteiger partial charge on any atom is -0.491 e. The minimum atomic E-state index is -3.39. The van der Waals surface area contributed by atoms with Crippen LogP contribution in [0, 0.1) is 16.0 Å². The Kier molecular flexibility index (Phi) is 7.34. The lowest BCUT2D eigenvalue weighted by Gasteiger charge is -2.31. The van der Waals surface area contributed by atoms with E-state index in [1.165, 1.54) is 34.8 Å². The van der Waals surface area contributed by atoms with Gasteiger partial charge in [0, 0.05) is 47.6 Å². The standard InChI is InChI=1S/C29H32FN3O7Si/c1-18-26(41(3,4)30)24(13-15-34)40-29(18)22-16-21(33(37)38)11-12-23(22)32(28(29)36)17-19-7-9-20(10-8-19)31-14-5-6-25(39-2)27(31)35/h5-12,14,16,18,24,26,34H,13,15,17H2,1-4H3/t18-,24+,26-,29+/m0/s1. The Morgan fingerprint density at radius 3 is 2.49 bits per heavy atom. The molecule has 3 aromatic rings. The van der Waals surface area contributed by atoms with Crippen LogP contribution < -0.4 is 15.2 Å². The molecule has 1 aromatic heterocycles. The van der Waals surface area contributed by atoms with Gasteiger partial charge in [0.25, 0.3) is 17.2 Å². The van der Waals surface area contributed by atoms with Crippen molar-refractivity contribution in [1.29, 1.82) is 0 Å². The van der Waals surface area contributed by atoms with Crippen molar-refractivity contribution in [3.05, 3.63) is 92.4 Å². The number of hydrogen-bond donors (Lipinski definition) is 1. The summed E-state index contributed by atoms with van der Waals surface area (Å²) in [5.74, 6) is -0.832. The number of fused-ring (bicyclic) bond motifs is 2. The number of nitro benzene ring substituents is 1. The van der Waals surface area contributed by atoms with Gasteiger partial charge in [-0.3, -0.25) is 24.3 Å². The highest BCUT2D eigenvalue weighted by Gasteiger charge is 2.66. The number of ether oxygens (including phenoxy) is 2. The molecule has 1 amide bonds. The Bertz CT molecular complexity index is 1560. The summed E-state index contributed by atoms with van der Waals surface area (Å²) >= 11 is 0. The van der Waals surface area contributed by atoms with Crippen molar-refractivity contribution in [2.75, 3.05) is 18.6 Å². The van der Waals surface area contributed by atoms with Crippen LogP contribution in [-0.4, -0.2) is 48.7 Å². The molecule has 5 rings (SSSR count). The maximum atomic E-state index is 15.7. The fraction of sp³-hybridized carbons (Fsp3) is 0.379. The molecule has 0 radical (unpaired) electrons. The third-order valence-corrected chi connectivity index (χ3v) is 10.7. The van der Waals surface area contributed by atoms with Crippen LogP contribution in [0.25, 0.3) is 5.69 Å². The van der Waals surface area contributed by atoms with Gasteiger partial charge >= 0.3 is 0 Å². The number of aromatic nitrogens is 1. The number of carbonyl (C=O) groups is 1. The SMILES string of the molecule is COc1cccn(-c2ccc(CN3C(=O)[C@]4(O[C@H](CCO)[C@@H]([Si](C)(C)F)[C@@H]4C)c4cc([N+](=O)[O-])ccc43)cc2)c1=O. The molecule has 0 aliphatic carbocycles. The summed E-state index contributed by atoms with van der Waals surface area (Å²) in [6.07, 6.45) is 1.07. The number of benzene rings is 2. The molecule has 12 heteroatoms. The van der Waals surface area contributed by atoms with Gasteiger partial charge in [0.05, 0.1) is 30.4 Å². The predicted molar refractivity (Wildman–Crippen MR) is 153 cm³/mol. The Morgan fingerprint density at radius 1 is 1.17 bits per heavy atom. The molecular weight excluding hydrogens is 549 g/mol. The molecule has 10 nitrogen and oxygen atoms in total. The summed E-state index contributed by atoms with van der Waals surface area (Å²) in [4.78, 5) is 39.6. The summed E-state index contributed by atoms with van der Waals surface area (Å²) < 4.78 is 28.7. The van der Waals surface area contributed by atoms with Crippen molar-refractivity contribution in [3.8, 4) is 11.4 Å². The van der Waals surface area contributed by atoms with Crippen LogP contribution in [0.5, 0.6) is 5.75 Å². The van der Waals surface area contributed by atoms with Crippen LogP contribution in [0.15, 0.2) is 65.6 Å². The van der Waals surface area contributed by atoms with Crippen molar-refractivity contribution in [1.82, 2.24) is 4.57 Å². The van der Waals surface area contributed by atoms with E-state index in [1.54, 1.807) is 62.6 Å². The minimum absolute atomic E-state index is 0.126. The molecule has 0 bridgehead atoms. The first kappa shape index (κ1) is 28.6. The van der Waals surface area contributed by atoms with Gasteiger partial charge in [0.1, 0.15) is 0 Å². The van der Waals surface area contributed by atoms with E-state index >= 15 is 4.11 Å². The highest BCUT2D eigenvalue weighted by atomic mass is 28.4. The number of carbonyl (C=O) groups excluding carboxylic acids is 1. The molecule has 2 aromatic carbocycles. The molecule has 1 spiro atoms. The van der Waals surface area contributed by atoms with Gasteiger partial charge in [-0.15, -0.1) is 0 Å². The molecule has 0 unspecified atom stereocenters. The highest BCUT2D eigenvalue weighted by molar-refractivity contribution is 6.72. The molecule has 1 fully saturated rings. The van der Waals surface area contributed by atoms with Crippen LogP contribution in [-0.2, 0) is 21.7 Å². The molecule has 1 saturated heterocycles. The number of hydrogen-bond acceptors (Lipinski definition) is 7. The van der Waals surface area contributed by atoms with Crippen LogP contribution >= 0.6 is 0 Å². The second-order valence-electron chi connectivity index (χ2n) is 11.1. The van der Waals surface area contributed by atoms with Crippen molar-refractivity contribution < 1.29 is 28.4 Å². The van der Waals surface area contributed by atoms with E-state index in [0.717, 1.165) is 5.56 Å². The number of nitrogens with zero attached hydrogens (tertiary/aromatic N) is 3. The monoisotopic (exact) mass is 581 g/mol. The maximum absolute atomic E-state index is 15.7. The third-order valence-electron chi connectivity index (χ3n) is 8.26. The molecule has 4 atom stereocenters. The van der Waals surface area contributed by atoms with E-state index in [4.69, 9.17) is 9.47 Å². The molecule has 0 saturated carbocycles. The zero-order valence-electron chi connectivity index (χ0n) is 23.2. The Hall–Kier alpha value is -3.87. The average molecular weight is 582 g/mol. The van der Waals surface area contributed by atoms with Gasteiger partial charge in [-0.2, -0.15) is 0 Å². The maximum Gasteiger partial charge on any atom is 0.297 e. The highest BCUT2D eigenvalue weighted by Crippen LogP contribution is 2.60. The molecule has 1 N–H and O–H groups in total. The van der Waals surface area contributed by atoms with Crippen molar-refractivity contribution in [2.24, 2.45) is 5.92 Å². The average Bonchev–Trinajstić information content (AvgIpc) is 3.36. The van der Waals surface area contributed by atoms with Gasteiger partial charge in [0.2, 0.25) is 8.41 Å². The Morgan fingerprint density at radius 2 is 1.88 bits per heavy atom. The predicted octanol–water partition coefficient (Wildman–Crippen LogP) is 4.46. The van der Waals surface area contributed by atoms with E-state index in [-0.39, 0.29) is 36.6 Å². The number of aliphatic hydroxyl groups is 1. The summed E-state index contributed by atoms with van der Waals surface area (Å²) in [5, 5.41) is 21.4. The van der Waals surface area contributed by atoms with Crippen molar-refractivity contribution >= 4 is 25.7 Å². The number of anilines is 1. The van der Waals surface area contributed by atoms with Gasteiger partial charge in [-0.1, -0.05) is 19.1 Å². The van der Waals surface area contributed by atoms with Crippen molar-refractivity contribution in [2.45, 2.75) is 50.2 Å². The van der Waals surface area contributed by atoms with Gasteiger partial charge < -0.3 is 23.6 Å². The first-order valence-electron chi connectivity index (χ1n) is 13.4. The number of methoxy groups -OCH3 is 1. The zero-order chi connectivity index (χ0) is 29.7. The summed E-state index contributed by atoms with van der Waals surface area (Å²) in [7, 11) is -1.96. The number of rotatable bonds is 8. The summed E-state index contributed by atoms with van der Waals surface area (Å²) in [6, 6.07) is 14.6. The van der Waals surface area contributed by atoms with Gasteiger partial charge in [-0.05, 0) is 55.4 Å². The fourth-order valence-corrected chi connectivity index (χ4v) is 9.02. The number of pyridine rings is 1. The molecule has 2 aliphatic heterocycles. The Labute approximate surface area is 237 Å². The summed E-state index contributed by atoms with van der Waals surface area (Å²) in [6.45, 7) is 4.77. The first-order valence-corrected chi connectivity index (χ1v) is 16.3.